The van der Waals surface area contributed by atoms with Crippen molar-refractivity contribution < 1.29 is 0 Å². The minimum absolute atomic E-state index is 0.635. The number of aromatic nitrogens is 3. The highest BCUT2D eigenvalue weighted by atomic mass is 32.1. The summed E-state index contributed by atoms with van der Waals surface area (Å²) in [5.74, 6) is 1.91. The van der Waals surface area contributed by atoms with Crippen LogP contribution in [0.3, 0.4) is 0 Å². The molecule has 0 saturated carbocycles. The molecule has 10 rings (SSSR count). The van der Waals surface area contributed by atoms with Crippen LogP contribution in [0.25, 0.3) is 76.2 Å². The molecule has 0 aliphatic heterocycles. The van der Waals surface area contributed by atoms with Gasteiger partial charge in [-0.2, -0.15) is 0 Å². The van der Waals surface area contributed by atoms with Crippen LogP contribution in [0.5, 0.6) is 0 Å². The van der Waals surface area contributed by atoms with E-state index in [0.29, 0.717) is 17.5 Å². The van der Waals surface area contributed by atoms with Crippen LogP contribution in [-0.2, 0) is 0 Å². The first kappa shape index (κ1) is 31.8. The Kier molecular flexibility index (Phi) is 7.97. The molecule has 254 valence electrons. The molecule has 0 fully saturated rings. The molecule has 0 unspecified atom stereocenters. The van der Waals surface area contributed by atoms with E-state index in [1.54, 1.807) is 11.3 Å². The van der Waals surface area contributed by atoms with Gasteiger partial charge in [0.1, 0.15) is 0 Å². The average molecular weight is 709 g/mol. The molecule has 0 atom stereocenters. The Morgan fingerprint density at radius 2 is 0.889 bits per heavy atom. The SMILES string of the molecule is c1ccc(-c2ccc(N(c3ccc4ccccc4c3)c3cc(-c4nc(-c5ccccc5)nc(-c5ccccc5)n4)c4c(c3)sc3ccccc34)cc2)cc1. The number of benzene rings is 8. The van der Waals surface area contributed by atoms with Crippen molar-refractivity contribution in [2.75, 3.05) is 4.90 Å². The summed E-state index contributed by atoms with van der Waals surface area (Å²) in [5, 5.41) is 4.71. The molecule has 5 heteroatoms. The molecular weight excluding hydrogens is 677 g/mol. The van der Waals surface area contributed by atoms with Crippen molar-refractivity contribution in [2.24, 2.45) is 0 Å². The predicted molar refractivity (Wildman–Crippen MR) is 227 cm³/mol. The van der Waals surface area contributed by atoms with E-state index >= 15 is 0 Å². The van der Waals surface area contributed by atoms with Crippen molar-refractivity contribution in [1.29, 1.82) is 0 Å². The Bertz CT molecular complexity index is 2870. The molecular formula is C49H32N4S. The van der Waals surface area contributed by atoms with Gasteiger partial charge < -0.3 is 4.90 Å². The Morgan fingerprint density at radius 1 is 0.352 bits per heavy atom. The van der Waals surface area contributed by atoms with Crippen LogP contribution in [0.15, 0.2) is 194 Å². The smallest absolute Gasteiger partial charge is 0.164 e. The molecule has 0 aliphatic carbocycles. The van der Waals surface area contributed by atoms with Crippen molar-refractivity contribution in [3.63, 3.8) is 0 Å². The predicted octanol–water partition coefficient (Wildman–Crippen LogP) is 13.5. The van der Waals surface area contributed by atoms with E-state index in [1.165, 1.54) is 36.7 Å². The third-order valence-corrected chi connectivity index (χ3v) is 11.0. The van der Waals surface area contributed by atoms with E-state index in [1.807, 2.05) is 36.4 Å². The van der Waals surface area contributed by atoms with Crippen molar-refractivity contribution in [3.05, 3.63) is 194 Å². The molecule has 2 aromatic heterocycles. The number of rotatable bonds is 7. The Balaban J connectivity index is 1.24. The Morgan fingerprint density at radius 3 is 1.57 bits per heavy atom. The first-order valence-corrected chi connectivity index (χ1v) is 18.8. The molecule has 8 aromatic carbocycles. The molecule has 0 spiro atoms. The van der Waals surface area contributed by atoms with Gasteiger partial charge in [0.2, 0.25) is 0 Å². The van der Waals surface area contributed by atoms with Gasteiger partial charge in [0.15, 0.2) is 17.5 Å². The van der Waals surface area contributed by atoms with Gasteiger partial charge in [0, 0.05) is 53.9 Å². The molecule has 0 N–H and O–H groups in total. The second kappa shape index (κ2) is 13.6. The molecule has 10 aromatic rings. The maximum absolute atomic E-state index is 5.23. The maximum atomic E-state index is 5.23. The van der Waals surface area contributed by atoms with Gasteiger partial charge >= 0.3 is 0 Å². The zero-order valence-electron chi connectivity index (χ0n) is 29.2. The van der Waals surface area contributed by atoms with Crippen molar-refractivity contribution in [1.82, 2.24) is 15.0 Å². The van der Waals surface area contributed by atoms with Crippen molar-refractivity contribution >= 4 is 59.3 Å². The number of thiophene rings is 1. The van der Waals surface area contributed by atoms with Crippen LogP contribution in [-0.4, -0.2) is 15.0 Å². The van der Waals surface area contributed by atoms with Gasteiger partial charge in [0.25, 0.3) is 0 Å². The number of hydrogen-bond acceptors (Lipinski definition) is 5. The Hall–Kier alpha value is -6.95. The lowest BCUT2D eigenvalue weighted by molar-refractivity contribution is 1.08. The van der Waals surface area contributed by atoms with E-state index in [2.05, 4.69) is 163 Å². The highest BCUT2D eigenvalue weighted by Crippen LogP contribution is 2.46. The second-order valence-corrected chi connectivity index (χ2v) is 14.4. The summed E-state index contributed by atoms with van der Waals surface area (Å²) < 4.78 is 2.38. The summed E-state index contributed by atoms with van der Waals surface area (Å²) in [6.45, 7) is 0. The minimum atomic E-state index is 0.635. The van der Waals surface area contributed by atoms with E-state index in [-0.39, 0.29) is 0 Å². The standard InChI is InChI=1S/C49H32N4S/c1-4-14-33(15-5-1)35-24-27-39(28-25-35)53(40-29-26-34-16-10-11-21-38(34)30-40)41-31-43(46-42-22-12-13-23-44(42)54-45(46)32-41)49-51-47(36-17-6-2-7-18-36)50-48(52-49)37-19-8-3-9-20-37/h1-32H. The molecule has 0 aliphatic rings. The first-order chi connectivity index (χ1) is 26.7. The molecule has 0 bridgehead atoms. The quantitative estimate of drug-likeness (QED) is 0.165. The molecule has 4 nitrogen and oxygen atoms in total. The third-order valence-electron chi connectivity index (χ3n) is 9.89. The highest BCUT2D eigenvalue weighted by Gasteiger charge is 2.22. The molecule has 54 heavy (non-hydrogen) atoms. The van der Waals surface area contributed by atoms with Gasteiger partial charge in [0.05, 0.1) is 0 Å². The summed E-state index contributed by atoms with van der Waals surface area (Å²) in [4.78, 5) is 17.8. The van der Waals surface area contributed by atoms with Crippen LogP contribution in [0, 0.1) is 0 Å². The summed E-state index contributed by atoms with van der Waals surface area (Å²) in [7, 11) is 0. The second-order valence-electron chi connectivity index (χ2n) is 13.3. The van der Waals surface area contributed by atoms with E-state index < -0.39 is 0 Å². The monoisotopic (exact) mass is 708 g/mol. The minimum Gasteiger partial charge on any atom is -0.310 e. The maximum Gasteiger partial charge on any atom is 0.164 e. The number of anilines is 3. The van der Waals surface area contributed by atoms with E-state index in [9.17, 15) is 0 Å². The lowest BCUT2D eigenvalue weighted by Crippen LogP contribution is -2.10. The average Bonchev–Trinajstić information content (AvgIpc) is 3.63. The number of hydrogen-bond donors (Lipinski definition) is 0. The number of fused-ring (bicyclic) bond motifs is 4. The summed E-state index contributed by atoms with van der Waals surface area (Å²) in [6, 6.07) is 68.2. The van der Waals surface area contributed by atoms with Gasteiger partial charge in [-0.15, -0.1) is 11.3 Å². The molecule has 0 saturated heterocycles. The fourth-order valence-corrected chi connectivity index (χ4v) is 8.44. The van der Waals surface area contributed by atoms with Crippen LogP contribution in [0.1, 0.15) is 0 Å². The fourth-order valence-electron chi connectivity index (χ4n) is 7.27. The zero-order valence-corrected chi connectivity index (χ0v) is 30.0. The molecule has 2 heterocycles. The summed E-state index contributed by atoms with van der Waals surface area (Å²) in [6.07, 6.45) is 0. The van der Waals surface area contributed by atoms with Gasteiger partial charge in [-0.1, -0.05) is 152 Å². The van der Waals surface area contributed by atoms with Gasteiger partial charge in [-0.3, -0.25) is 0 Å². The normalized spacial score (nSPS) is 11.3. The first-order valence-electron chi connectivity index (χ1n) is 18.0. The molecule has 0 amide bonds. The lowest BCUT2D eigenvalue weighted by atomic mass is 10.0. The van der Waals surface area contributed by atoms with Crippen LogP contribution in [0.2, 0.25) is 0 Å². The van der Waals surface area contributed by atoms with Crippen molar-refractivity contribution in [3.8, 4) is 45.3 Å². The zero-order chi connectivity index (χ0) is 35.8. The largest absolute Gasteiger partial charge is 0.310 e. The van der Waals surface area contributed by atoms with E-state index in [0.717, 1.165) is 39.1 Å². The lowest BCUT2D eigenvalue weighted by Gasteiger charge is -2.27. The fraction of sp³-hybridized carbons (Fsp3) is 0. The summed E-state index contributed by atoms with van der Waals surface area (Å²) in [5.41, 5.74) is 8.35. The van der Waals surface area contributed by atoms with Crippen LogP contribution in [0.4, 0.5) is 17.1 Å². The molecule has 0 radical (unpaired) electrons. The van der Waals surface area contributed by atoms with E-state index in [4.69, 9.17) is 15.0 Å². The third kappa shape index (κ3) is 5.87. The summed E-state index contributed by atoms with van der Waals surface area (Å²) >= 11 is 1.80. The Labute approximate surface area is 317 Å². The van der Waals surface area contributed by atoms with Crippen LogP contribution < -0.4 is 4.90 Å². The van der Waals surface area contributed by atoms with Gasteiger partial charge in [-0.25, -0.2) is 15.0 Å². The topological polar surface area (TPSA) is 41.9 Å². The van der Waals surface area contributed by atoms with Gasteiger partial charge in [-0.05, 0) is 64.4 Å². The highest BCUT2D eigenvalue weighted by molar-refractivity contribution is 7.26. The van der Waals surface area contributed by atoms with Crippen molar-refractivity contribution in [2.45, 2.75) is 0 Å². The number of nitrogens with zero attached hydrogens (tertiary/aromatic N) is 4. The van der Waals surface area contributed by atoms with Crippen LogP contribution >= 0.6 is 11.3 Å².